The highest BCUT2D eigenvalue weighted by Gasteiger charge is 2.41. The molecule has 10 nitrogen and oxygen atoms in total. The van der Waals surface area contributed by atoms with Gasteiger partial charge in [-0.3, -0.25) is 0 Å². The molecule has 272 valence electrons. The van der Waals surface area contributed by atoms with Crippen molar-refractivity contribution in [2.24, 2.45) is 22.7 Å². The van der Waals surface area contributed by atoms with Crippen molar-refractivity contribution in [2.75, 3.05) is 13.2 Å². The van der Waals surface area contributed by atoms with E-state index >= 15 is 0 Å². The summed E-state index contributed by atoms with van der Waals surface area (Å²) in [5, 5.41) is 18.4. The molecule has 0 heterocycles. The molecule has 0 aromatic heterocycles. The summed E-state index contributed by atoms with van der Waals surface area (Å²) in [5.41, 5.74) is 0.205. The number of hydrogen-bond donors (Lipinski definition) is 2. The van der Waals surface area contributed by atoms with Crippen LogP contribution in [0.4, 0.5) is 0 Å². The molecule has 7 atom stereocenters. The fourth-order valence-corrected chi connectivity index (χ4v) is 8.40. The van der Waals surface area contributed by atoms with Crippen LogP contribution in [0.3, 0.4) is 0 Å². The summed E-state index contributed by atoms with van der Waals surface area (Å²) in [6.07, 6.45) is 4.62. The maximum atomic E-state index is 12.3. The number of aliphatic hydroxyl groups is 2. The normalized spacial score (nSPS) is 23.0. The maximum Gasteiger partial charge on any atom is 0.750 e. The summed E-state index contributed by atoms with van der Waals surface area (Å²) < 4.78 is 61.2. The van der Waals surface area contributed by atoms with E-state index in [0.717, 1.165) is 32.1 Å². The lowest BCUT2D eigenvalue weighted by molar-refractivity contribution is 0.0153. The fraction of sp³-hybridized carbons (Fsp3) is 0.500. The first-order chi connectivity index (χ1) is 23.7. The Morgan fingerprint density at radius 3 is 1.60 bits per heavy atom. The van der Waals surface area contributed by atoms with Crippen molar-refractivity contribution in [1.82, 2.24) is 0 Å². The Morgan fingerprint density at radius 1 is 0.660 bits per heavy atom. The van der Waals surface area contributed by atoms with Crippen molar-refractivity contribution in [3.63, 3.8) is 0 Å². The van der Waals surface area contributed by atoms with Gasteiger partial charge in [-0.25, -0.2) is 13.6 Å². The summed E-state index contributed by atoms with van der Waals surface area (Å²) in [6.45, 7) is 9.10. The van der Waals surface area contributed by atoms with Crippen LogP contribution in [0.25, 0.3) is 0 Å². The minimum atomic E-state index is -2.27. The molecular weight excluding hydrogens is 721 g/mol. The lowest BCUT2D eigenvalue weighted by Crippen LogP contribution is -2.34. The smallest absolute Gasteiger partial charge is 0.396 e. The summed E-state index contributed by atoms with van der Waals surface area (Å²) in [5.74, 6) is 1.99. The zero-order valence-corrected chi connectivity index (χ0v) is 32.4. The van der Waals surface area contributed by atoms with Gasteiger partial charge in [0, 0.05) is 20.3 Å². The number of benzene rings is 3. The highest BCUT2D eigenvalue weighted by Crippen LogP contribution is 2.44. The second-order valence-electron chi connectivity index (χ2n) is 14.1. The number of aliphatic hydroxyl groups excluding tert-OH is 2. The SMILES string of the molecule is CC1(C)CC(CO[P+](=O)Oc2ccccc2)CC(O[P+](=O)Oc2ccccc2)C1.CC1(C)CC(O)CC(CO)C1.O=[P+](Cl)Oc1ccccc1. The second kappa shape index (κ2) is 21.1. The van der Waals surface area contributed by atoms with Gasteiger partial charge in [-0.05, 0) is 97.6 Å². The van der Waals surface area contributed by atoms with Gasteiger partial charge in [-0.1, -0.05) is 82.3 Å². The van der Waals surface area contributed by atoms with E-state index in [4.69, 9.17) is 34.4 Å². The van der Waals surface area contributed by atoms with E-state index in [1.807, 2.05) is 42.5 Å². The molecule has 0 saturated heterocycles. The highest BCUT2D eigenvalue weighted by molar-refractivity contribution is 7.70. The standard InChI is InChI=1S/C21H26O6P2.C9H18O2.C6H5ClO2P/c1-21(2)14-17(16-24-28(22)25-18-9-5-3-6-10-18)13-20(15-21)27-29(23)26-19-11-7-4-8-12-19;1-9(2)4-7(6-10)3-8(11)5-9;7-10(8)9-6-4-2-1-3-5-6/h3-12,17,20H,13-16H2,1-2H3;7-8,10-11H,3-6H2,1-2H3;1-5H/q+2;;+1. The molecule has 0 bridgehead atoms. The third-order valence-electron chi connectivity index (χ3n) is 8.13. The molecule has 2 aliphatic rings. The van der Waals surface area contributed by atoms with Gasteiger partial charge in [0.2, 0.25) is 0 Å². The molecule has 0 amide bonds. The van der Waals surface area contributed by atoms with Crippen LogP contribution in [0.15, 0.2) is 91.0 Å². The van der Waals surface area contributed by atoms with Crippen LogP contribution in [0.5, 0.6) is 17.2 Å². The van der Waals surface area contributed by atoms with Crippen molar-refractivity contribution >= 4 is 35.1 Å². The summed E-state index contributed by atoms with van der Waals surface area (Å²) in [7, 11) is -6.57. The summed E-state index contributed by atoms with van der Waals surface area (Å²) in [4.78, 5) is 0. The van der Waals surface area contributed by atoms with E-state index in [9.17, 15) is 18.8 Å². The van der Waals surface area contributed by atoms with E-state index in [1.54, 1.807) is 48.5 Å². The first kappa shape index (κ1) is 41.9. The predicted octanol–water partition coefficient (Wildman–Crippen LogP) is 10.8. The molecule has 0 aliphatic heterocycles. The Morgan fingerprint density at radius 2 is 1.12 bits per heavy atom. The topological polar surface area (TPSA) is 138 Å². The minimum Gasteiger partial charge on any atom is -0.396 e. The zero-order valence-electron chi connectivity index (χ0n) is 29.0. The minimum absolute atomic E-state index is 0.00814. The van der Waals surface area contributed by atoms with Gasteiger partial charge in [-0.2, -0.15) is 0 Å². The van der Waals surface area contributed by atoms with Gasteiger partial charge in [-0.15, -0.1) is 9.05 Å². The first-order valence-electron chi connectivity index (χ1n) is 16.6. The van der Waals surface area contributed by atoms with Crippen molar-refractivity contribution < 1.29 is 46.5 Å². The van der Waals surface area contributed by atoms with Crippen LogP contribution in [-0.2, 0) is 22.7 Å². The lowest BCUT2D eigenvalue weighted by Gasteiger charge is -2.37. The zero-order chi connectivity index (χ0) is 36.6. The van der Waals surface area contributed by atoms with E-state index in [1.165, 1.54) is 0 Å². The van der Waals surface area contributed by atoms with Gasteiger partial charge in [0.05, 0.1) is 6.10 Å². The molecule has 2 aliphatic carbocycles. The second-order valence-corrected chi connectivity index (χ2v) is 17.2. The molecule has 7 unspecified atom stereocenters. The lowest BCUT2D eigenvalue weighted by atomic mass is 9.71. The van der Waals surface area contributed by atoms with Crippen LogP contribution in [-0.4, -0.2) is 35.6 Å². The molecule has 2 saturated carbocycles. The Balaban J connectivity index is 0.000000261. The van der Waals surface area contributed by atoms with Crippen molar-refractivity contribution in [1.29, 1.82) is 0 Å². The monoisotopic (exact) mass is 769 g/mol. The van der Waals surface area contributed by atoms with Crippen molar-refractivity contribution in [3.05, 3.63) is 91.0 Å². The molecule has 5 rings (SSSR count). The predicted molar refractivity (Wildman–Crippen MR) is 196 cm³/mol. The van der Waals surface area contributed by atoms with Gasteiger partial charge in [0.1, 0.15) is 12.7 Å². The van der Waals surface area contributed by atoms with Gasteiger partial charge in [0.15, 0.2) is 17.2 Å². The van der Waals surface area contributed by atoms with Gasteiger partial charge in [0.25, 0.3) is 11.2 Å². The molecular formula is C36H49ClO10P3+3. The Bertz CT molecular complexity index is 1460. The van der Waals surface area contributed by atoms with E-state index in [-0.39, 0.29) is 35.6 Å². The van der Waals surface area contributed by atoms with Crippen LogP contribution >= 0.6 is 35.1 Å². The Hall–Kier alpha value is -2.51. The molecule has 14 heteroatoms. The van der Waals surface area contributed by atoms with Crippen LogP contribution < -0.4 is 13.6 Å². The fourth-order valence-electron chi connectivity index (χ4n) is 6.45. The molecule has 0 spiro atoms. The van der Waals surface area contributed by atoms with E-state index in [2.05, 4.69) is 32.2 Å². The largest absolute Gasteiger partial charge is 0.750 e. The van der Waals surface area contributed by atoms with Crippen LogP contribution in [0, 0.1) is 22.7 Å². The van der Waals surface area contributed by atoms with Crippen LogP contribution in [0.1, 0.15) is 66.2 Å². The molecule has 3 aromatic carbocycles. The molecule has 2 N–H and O–H groups in total. The average Bonchev–Trinajstić information content (AvgIpc) is 3.04. The summed E-state index contributed by atoms with van der Waals surface area (Å²) in [6, 6.07) is 26.7. The van der Waals surface area contributed by atoms with Crippen molar-refractivity contribution in [3.8, 4) is 17.2 Å². The van der Waals surface area contributed by atoms with Crippen molar-refractivity contribution in [2.45, 2.75) is 78.4 Å². The molecule has 3 aromatic rings. The van der Waals surface area contributed by atoms with E-state index in [0.29, 0.717) is 36.2 Å². The van der Waals surface area contributed by atoms with Gasteiger partial charge < -0.3 is 10.2 Å². The molecule has 0 radical (unpaired) electrons. The number of rotatable bonds is 12. The average molecular weight is 770 g/mol. The summed E-state index contributed by atoms with van der Waals surface area (Å²) >= 11 is 5.10. The third-order valence-corrected chi connectivity index (χ3v) is 10.2. The Kier molecular flexibility index (Phi) is 17.7. The number of hydrogen-bond acceptors (Lipinski definition) is 10. The number of para-hydroxylation sites is 3. The van der Waals surface area contributed by atoms with Gasteiger partial charge >= 0.3 is 23.9 Å². The quantitative estimate of drug-likeness (QED) is 0.171. The molecule has 2 fully saturated rings. The van der Waals surface area contributed by atoms with Crippen LogP contribution in [0.2, 0.25) is 0 Å². The maximum absolute atomic E-state index is 12.3. The first-order valence-corrected chi connectivity index (χ1v) is 20.8. The van der Waals surface area contributed by atoms with E-state index < -0.39 is 23.9 Å². The third kappa shape index (κ3) is 17.1. The number of halogens is 1. The highest BCUT2D eigenvalue weighted by atomic mass is 35.7. The molecule has 50 heavy (non-hydrogen) atoms. The Labute approximate surface area is 303 Å².